The maximum atomic E-state index is 12.1. The zero-order valence-corrected chi connectivity index (χ0v) is 15.2. The molecule has 4 nitrogen and oxygen atoms in total. The van der Waals surface area contributed by atoms with Crippen LogP contribution < -0.4 is 5.32 Å². The lowest BCUT2D eigenvalue weighted by Crippen LogP contribution is -2.15. The van der Waals surface area contributed by atoms with Gasteiger partial charge in [-0.3, -0.25) is 4.79 Å². The molecule has 2 aromatic carbocycles. The number of amides is 1. The molecule has 2 aromatic rings. The zero-order valence-electron chi connectivity index (χ0n) is 13.6. The number of rotatable bonds is 8. The maximum absolute atomic E-state index is 12.1. The van der Waals surface area contributed by atoms with Crippen LogP contribution in [0.2, 0.25) is 0 Å². The molecule has 2 rings (SSSR count). The van der Waals surface area contributed by atoms with Crippen LogP contribution in [0.4, 0.5) is 5.69 Å². The first-order valence-corrected chi connectivity index (χ1v) is 10.7. The average molecular weight is 364 g/mol. The predicted molar refractivity (Wildman–Crippen MR) is 100 cm³/mol. The van der Waals surface area contributed by atoms with Gasteiger partial charge in [0.25, 0.3) is 0 Å². The quantitative estimate of drug-likeness (QED) is 0.726. The molecule has 0 bridgehead atoms. The summed E-state index contributed by atoms with van der Waals surface area (Å²) in [7, 11) is -3.19. The molecule has 128 valence electrons. The molecule has 6 heteroatoms. The third kappa shape index (κ3) is 6.37. The van der Waals surface area contributed by atoms with Crippen LogP contribution in [-0.4, -0.2) is 26.3 Å². The topological polar surface area (TPSA) is 63.2 Å². The molecular weight excluding hydrogens is 342 g/mol. The average Bonchev–Trinajstić information content (AvgIpc) is 2.56. The molecule has 0 aliphatic heterocycles. The van der Waals surface area contributed by atoms with Crippen molar-refractivity contribution in [1.29, 1.82) is 0 Å². The number of benzene rings is 2. The molecule has 0 saturated heterocycles. The Morgan fingerprint density at radius 1 is 1.04 bits per heavy atom. The Labute approximate surface area is 147 Å². The molecule has 24 heavy (non-hydrogen) atoms. The Kier molecular flexibility index (Phi) is 6.87. The minimum atomic E-state index is -3.19. The lowest BCUT2D eigenvalue weighted by molar-refractivity contribution is -0.116. The summed E-state index contributed by atoms with van der Waals surface area (Å²) in [6.07, 6.45) is 2.51. The van der Waals surface area contributed by atoms with E-state index in [-0.39, 0.29) is 23.8 Å². The number of thioether (sulfide) groups is 1. The highest BCUT2D eigenvalue weighted by atomic mass is 32.2. The van der Waals surface area contributed by atoms with Gasteiger partial charge in [0.15, 0.2) is 9.84 Å². The fourth-order valence-corrected chi connectivity index (χ4v) is 4.09. The molecule has 1 amide bonds. The summed E-state index contributed by atoms with van der Waals surface area (Å²) in [5.74, 6) is -0.131. The second kappa shape index (κ2) is 8.89. The van der Waals surface area contributed by atoms with E-state index in [0.29, 0.717) is 6.42 Å². The van der Waals surface area contributed by atoms with E-state index in [1.807, 2.05) is 48.7 Å². The zero-order chi connectivity index (χ0) is 17.4. The van der Waals surface area contributed by atoms with E-state index < -0.39 is 9.84 Å². The molecule has 0 saturated carbocycles. The van der Waals surface area contributed by atoms with Gasteiger partial charge in [0.1, 0.15) is 0 Å². The Hall–Kier alpha value is -1.79. The first-order valence-electron chi connectivity index (χ1n) is 7.67. The van der Waals surface area contributed by atoms with Crippen LogP contribution in [0.15, 0.2) is 59.5 Å². The maximum Gasteiger partial charge on any atom is 0.224 e. The molecular formula is C18H21NO3S2. The number of sulfone groups is 1. The van der Waals surface area contributed by atoms with Crippen molar-refractivity contribution in [3.63, 3.8) is 0 Å². The fourth-order valence-electron chi connectivity index (χ4n) is 2.25. The van der Waals surface area contributed by atoms with Gasteiger partial charge in [0.2, 0.25) is 5.91 Å². The first-order chi connectivity index (χ1) is 11.5. The van der Waals surface area contributed by atoms with E-state index in [0.717, 1.165) is 16.1 Å². The van der Waals surface area contributed by atoms with E-state index in [1.54, 1.807) is 23.9 Å². The summed E-state index contributed by atoms with van der Waals surface area (Å²) in [6.45, 7) is 0. The second-order valence-corrected chi connectivity index (χ2v) is 8.52. The smallest absolute Gasteiger partial charge is 0.224 e. The van der Waals surface area contributed by atoms with Crippen molar-refractivity contribution < 1.29 is 13.2 Å². The summed E-state index contributed by atoms with van der Waals surface area (Å²) in [4.78, 5) is 13.0. The molecule has 0 unspecified atom stereocenters. The first kappa shape index (κ1) is 18.5. The molecule has 0 atom stereocenters. The van der Waals surface area contributed by atoms with Gasteiger partial charge in [-0.05, 0) is 42.5 Å². The summed E-state index contributed by atoms with van der Waals surface area (Å²) in [5, 5.41) is 2.79. The van der Waals surface area contributed by atoms with Gasteiger partial charge in [-0.25, -0.2) is 8.42 Å². The molecule has 0 aromatic heterocycles. The van der Waals surface area contributed by atoms with Crippen LogP contribution in [-0.2, 0) is 20.4 Å². The summed E-state index contributed by atoms with van der Waals surface area (Å²) in [6, 6.07) is 16.6. The second-order valence-electron chi connectivity index (χ2n) is 5.46. The monoisotopic (exact) mass is 363 g/mol. The molecule has 0 fully saturated rings. The van der Waals surface area contributed by atoms with E-state index in [4.69, 9.17) is 0 Å². The van der Waals surface area contributed by atoms with Crippen molar-refractivity contribution in [2.75, 3.05) is 17.3 Å². The summed E-state index contributed by atoms with van der Waals surface area (Å²) < 4.78 is 24.2. The molecule has 0 heterocycles. The predicted octanol–water partition coefficient (Wildman–Crippen LogP) is 3.74. The minimum Gasteiger partial charge on any atom is -0.326 e. The Morgan fingerprint density at radius 3 is 2.33 bits per heavy atom. The van der Waals surface area contributed by atoms with Gasteiger partial charge in [0.05, 0.1) is 11.5 Å². The highest BCUT2D eigenvalue weighted by Crippen LogP contribution is 2.17. The van der Waals surface area contributed by atoms with Crippen LogP contribution in [0, 0.1) is 0 Å². The number of anilines is 1. The van der Waals surface area contributed by atoms with Crippen molar-refractivity contribution in [1.82, 2.24) is 0 Å². The third-order valence-electron chi connectivity index (χ3n) is 3.46. The van der Waals surface area contributed by atoms with Crippen molar-refractivity contribution in [2.24, 2.45) is 0 Å². The molecule has 0 aliphatic rings. The lowest BCUT2D eigenvalue weighted by atomic mass is 10.2. The van der Waals surface area contributed by atoms with Crippen molar-refractivity contribution in [3.8, 4) is 0 Å². The van der Waals surface area contributed by atoms with Crippen LogP contribution >= 0.6 is 11.8 Å². The molecule has 0 radical (unpaired) electrons. The molecule has 1 N–H and O–H groups in total. The van der Waals surface area contributed by atoms with Gasteiger partial charge in [0, 0.05) is 17.0 Å². The molecule has 0 aliphatic carbocycles. The van der Waals surface area contributed by atoms with E-state index in [1.165, 1.54) is 0 Å². The van der Waals surface area contributed by atoms with Crippen molar-refractivity contribution >= 4 is 33.2 Å². The van der Waals surface area contributed by atoms with Crippen molar-refractivity contribution in [2.45, 2.75) is 23.5 Å². The van der Waals surface area contributed by atoms with Crippen LogP contribution in [0.5, 0.6) is 0 Å². The highest BCUT2D eigenvalue weighted by Gasteiger charge is 2.13. The lowest BCUT2D eigenvalue weighted by Gasteiger charge is -2.07. The van der Waals surface area contributed by atoms with Gasteiger partial charge < -0.3 is 5.32 Å². The number of hydrogen-bond acceptors (Lipinski definition) is 4. The SMILES string of the molecule is CSc1ccc(NC(=O)CCCS(=O)(=O)Cc2ccccc2)cc1. The Morgan fingerprint density at radius 2 is 1.71 bits per heavy atom. The largest absolute Gasteiger partial charge is 0.326 e. The van der Waals surface area contributed by atoms with E-state index in [9.17, 15) is 13.2 Å². The van der Waals surface area contributed by atoms with Gasteiger partial charge in [-0.2, -0.15) is 0 Å². The van der Waals surface area contributed by atoms with Crippen LogP contribution in [0.1, 0.15) is 18.4 Å². The number of carbonyl (C=O) groups is 1. The molecule has 0 spiro atoms. The van der Waals surface area contributed by atoms with Crippen LogP contribution in [0.3, 0.4) is 0 Å². The minimum absolute atomic E-state index is 0.0146. The van der Waals surface area contributed by atoms with Crippen LogP contribution in [0.25, 0.3) is 0 Å². The van der Waals surface area contributed by atoms with E-state index >= 15 is 0 Å². The van der Waals surface area contributed by atoms with Gasteiger partial charge in [-0.1, -0.05) is 30.3 Å². The highest BCUT2D eigenvalue weighted by molar-refractivity contribution is 7.98. The standard InChI is InChI=1S/C18H21NO3S2/c1-23-17-11-9-16(10-12-17)19-18(20)8-5-13-24(21,22)14-15-6-3-2-4-7-15/h2-4,6-7,9-12H,5,8,13-14H2,1H3,(H,19,20). The Bertz CT molecular complexity index is 757. The van der Waals surface area contributed by atoms with Gasteiger partial charge in [-0.15, -0.1) is 11.8 Å². The fraction of sp³-hybridized carbons (Fsp3) is 0.278. The number of hydrogen-bond donors (Lipinski definition) is 1. The third-order valence-corrected chi connectivity index (χ3v) is 5.89. The van der Waals surface area contributed by atoms with E-state index in [2.05, 4.69) is 5.32 Å². The number of nitrogens with one attached hydrogen (secondary N) is 1. The Balaban J connectivity index is 1.77. The summed E-state index contributed by atoms with van der Waals surface area (Å²) in [5.41, 5.74) is 1.50. The summed E-state index contributed by atoms with van der Waals surface area (Å²) >= 11 is 1.63. The number of carbonyl (C=O) groups excluding carboxylic acids is 1. The normalized spacial score (nSPS) is 11.2. The van der Waals surface area contributed by atoms with Crippen molar-refractivity contribution in [3.05, 3.63) is 60.2 Å². The van der Waals surface area contributed by atoms with Gasteiger partial charge >= 0.3 is 0 Å².